The molecule has 2 nitrogen and oxygen atoms in total. The van der Waals surface area contributed by atoms with Crippen LogP contribution in [-0.2, 0) is 6.18 Å². The van der Waals surface area contributed by atoms with Gasteiger partial charge >= 0.3 is 6.18 Å². The Bertz CT molecular complexity index is 596. The van der Waals surface area contributed by atoms with Crippen LogP contribution in [0.3, 0.4) is 0 Å². The van der Waals surface area contributed by atoms with Crippen molar-refractivity contribution < 1.29 is 13.2 Å². The number of thiazole rings is 1. The third kappa shape index (κ3) is 3.85. The summed E-state index contributed by atoms with van der Waals surface area (Å²) in [5.74, 6) is 0. The summed E-state index contributed by atoms with van der Waals surface area (Å²) in [6.45, 7) is 7.18. The fraction of sp³-hybridized carbons (Fsp3) is 0.500. The van der Waals surface area contributed by atoms with E-state index in [9.17, 15) is 13.2 Å². The van der Waals surface area contributed by atoms with Crippen molar-refractivity contribution in [2.75, 3.05) is 11.9 Å². The third-order valence-electron chi connectivity index (χ3n) is 2.87. The number of rotatable bonds is 3. The van der Waals surface area contributed by atoms with E-state index in [2.05, 4.69) is 31.1 Å². The molecule has 1 heterocycles. The summed E-state index contributed by atoms with van der Waals surface area (Å²) in [6.07, 6.45) is -3.35. The van der Waals surface area contributed by atoms with Crippen molar-refractivity contribution in [3.8, 4) is 0 Å². The molecule has 0 fully saturated rings. The van der Waals surface area contributed by atoms with E-state index in [1.54, 1.807) is 0 Å². The second-order valence-electron chi connectivity index (χ2n) is 5.94. The lowest BCUT2D eigenvalue weighted by atomic mass is 9.92. The minimum Gasteiger partial charge on any atom is -0.361 e. The molecule has 0 aliphatic carbocycles. The molecule has 20 heavy (non-hydrogen) atoms. The van der Waals surface area contributed by atoms with Crippen LogP contribution in [-0.4, -0.2) is 11.5 Å². The Morgan fingerprint density at radius 3 is 2.50 bits per heavy atom. The molecule has 0 aliphatic heterocycles. The summed E-state index contributed by atoms with van der Waals surface area (Å²) in [4.78, 5) is 4.21. The Labute approximate surface area is 120 Å². The molecule has 0 atom stereocenters. The highest BCUT2D eigenvalue weighted by Gasteiger charge is 2.30. The van der Waals surface area contributed by atoms with E-state index in [1.165, 1.54) is 17.4 Å². The molecule has 1 N–H and O–H groups in total. The number of benzene rings is 1. The molecule has 2 aromatic rings. The Balaban J connectivity index is 2.13. The molecule has 0 unspecified atom stereocenters. The van der Waals surface area contributed by atoms with Crippen molar-refractivity contribution in [3.63, 3.8) is 0 Å². The van der Waals surface area contributed by atoms with E-state index in [4.69, 9.17) is 0 Å². The Morgan fingerprint density at radius 1 is 1.20 bits per heavy atom. The van der Waals surface area contributed by atoms with Crippen molar-refractivity contribution in [1.29, 1.82) is 0 Å². The zero-order valence-corrected chi connectivity index (χ0v) is 12.5. The van der Waals surface area contributed by atoms with Gasteiger partial charge in [0, 0.05) is 6.54 Å². The number of fused-ring (bicyclic) bond motifs is 1. The summed E-state index contributed by atoms with van der Waals surface area (Å²) in [7, 11) is 0. The van der Waals surface area contributed by atoms with Crippen molar-refractivity contribution in [1.82, 2.24) is 4.98 Å². The van der Waals surface area contributed by atoms with Gasteiger partial charge in [-0.25, -0.2) is 4.98 Å². The number of hydrogen-bond donors (Lipinski definition) is 1. The lowest BCUT2D eigenvalue weighted by Crippen LogP contribution is -2.12. The van der Waals surface area contributed by atoms with E-state index < -0.39 is 11.7 Å². The Hall–Kier alpha value is -1.30. The maximum absolute atomic E-state index is 12.6. The number of anilines is 1. The average molecular weight is 302 g/mol. The molecule has 0 saturated carbocycles. The van der Waals surface area contributed by atoms with Crippen LogP contribution in [0, 0.1) is 5.41 Å². The van der Waals surface area contributed by atoms with Crippen LogP contribution in [0.25, 0.3) is 10.2 Å². The first-order valence-corrected chi connectivity index (χ1v) is 7.18. The highest BCUT2D eigenvalue weighted by atomic mass is 32.1. The number of nitrogens with zero attached hydrogens (tertiary/aromatic N) is 1. The van der Waals surface area contributed by atoms with Crippen LogP contribution >= 0.6 is 11.3 Å². The molecule has 0 radical (unpaired) electrons. The fourth-order valence-electron chi connectivity index (χ4n) is 1.72. The van der Waals surface area contributed by atoms with Crippen LogP contribution in [0.5, 0.6) is 0 Å². The second kappa shape index (κ2) is 5.24. The van der Waals surface area contributed by atoms with Gasteiger partial charge in [-0.05, 0) is 30.0 Å². The number of aromatic nitrogens is 1. The van der Waals surface area contributed by atoms with Gasteiger partial charge in [0.25, 0.3) is 0 Å². The summed E-state index contributed by atoms with van der Waals surface area (Å²) in [5.41, 5.74) is -0.0488. The standard InChI is InChI=1S/C14H17F3N2S/c1-13(2,3)6-7-18-12-19-10-8-9(14(15,16)17)4-5-11(10)20-12/h4-5,8H,6-7H2,1-3H3,(H,18,19). The summed E-state index contributed by atoms with van der Waals surface area (Å²) in [6, 6.07) is 3.67. The molecule has 0 aliphatic rings. The van der Waals surface area contributed by atoms with Crippen molar-refractivity contribution in [3.05, 3.63) is 23.8 Å². The number of alkyl halides is 3. The molecule has 1 aromatic heterocycles. The topological polar surface area (TPSA) is 24.9 Å². The van der Waals surface area contributed by atoms with E-state index in [0.717, 1.165) is 29.8 Å². The molecule has 0 bridgehead atoms. The van der Waals surface area contributed by atoms with Gasteiger partial charge in [-0.15, -0.1) is 0 Å². The summed E-state index contributed by atoms with van der Waals surface area (Å²) in [5, 5.41) is 3.84. The number of halogens is 3. The monoisotopic (exact) mass is 302 g/mol. The molecular weight excluding hydrogens is 285 g/mol. The van der Waals surface area contributed by atoms with Crippen LogP contribution in [0.2, 0.25) is 0 Å². The SMILES string of the molecule is CC(C)(C)CCNc1nc2cc(C(F)(F)F)ccc2s1. The average Bonchev–Trinajstić information content (AvgIpc) is 2.67. The molecule has 2 rings (SSSR count). The normalized spacial score (nSPS) is 12.9. The van der Waals surface area contributed by atoms with Gasteiger partial charge in [-0.1, -0.05) is 32.1 Å². The molecular formula is C14H17F3N2S. The quantitative estimate of drug-likeness (QED) is 0.846. The molecule has 1 aromatic carbocycles. The van der Waals surface area contributed by atoms with Gasteiger partial charge in [0.1, 0.15) is 0 Å². The molecule has 0 saturated heterocycles. The summed E-state index contributed by atoms with van der Waals surface area (Å²) < 4.78 is 38.6. The van der Waals surface area contributed by atoms with Gasteiger partial charge in [0.15, 0.2) is 5.13 Å². The smallest absolute Gasteiger partial charge is 0.361 e. The highest BCUT2D eigenvalue weighted by molar-refractivity contribution is 7.22. The molecule has 0 spiro atoms. The van der Waals surface area contributed by atoms with Gasteiger partial charge in [-0.3, -0.25) is 0 Å². The fourth-order valence-corrected chi connectivity index (χ4v) is 2.60. The number of hydrogen-bond acceptors (Lipinski definition) is 3. The maximum Gasteiger partial charge on any atom is 0.416 e. The largest absolute Gasteiger partial charge is 0.416 e. The zero-order valence-electron chi connectivity index (χ0n) is 11.6. The molecule has 6 heteroatoms. The predicted molar refractivity (Wildman–Crippen MR) is 77.2 cm³/mol. The van der Waals surface area contributed by atoms with Crippen LogP contribution in [0.4, 0.5) is 18.3 Å². The first-order valence-electron chi connectivity index (χ1n) is 6.37. The molecule has 110 valence electrons. The minimum absolute atomic E-state index is 0.215. The lowest BCUT2D eigenvalue weighted by molar-refractivity contribution is -0.137. The van der Waals surface area contributed by atoms with Crippen LogP contribution < -0.4 is 5.32 Å². The van der Waals surface area contributed by atoms with Crippen LogP contribution in [0.1, 0.15) is 32.8 Å². The predicted octanol–water partition coefficient (Wildman–Crippen LogP) is 5.16. The summed E-state index contributed by atoms with van der Waals surface area (Å²) >= 11 is 1.38. The van der Waals surface area contributed by atoms with Crippen molar-refractivity contribution in [2.45, 2.75) is 33.4 Å². The van der Waals surface area contributed by atoms with E-state index >= 15 is 0 Å². The van der Waals surface area contributed by atoms with E-state index in [-0.39, 0.29) is 5.41 Å². The number of nitrogens with one attached hydrogen (secondary N) is 1. The van der Waals surface area contributed by atoms with Gasteiger partial charge in [0.05, 0.1) is 15.8 Å². The first kappa shape index (κ1) is 15.1. The lowest BCUT2D eigenvalue weighted by Gasteiger charge is -2.17. The van der Waals surface area contributed by atoms with Crippen LogP contribution in [0.15, 0.2) is 18.2 Å². The first-order chi connectivity index (χ1) is 9.15. The Morgan fingerprint density at radius 2 is 1.90 bits per heavy atom. The maximum atomic E-state index is 12.6. The minimum atomic E-state index is -4.32. The Kier molecular flexibility index (Phi) is 3.95. The van der Waals surface area contributed by atoms with Crippen molar-refractivity contribution >= 4 is 26.7 Å². The van der Waals surface area contributed by atoms with Crippen molar-refractivity contribution in [2.24, 2.45) is 5.41 Å². The second-order valence-corrected chi connectivity index (χ2v) is 6.97. The van der Waals surface area contributed by atoms with Gasteiger partial charge in [-0.2, -0.15) is 13.2 Å². The van der Waals surface area contributed by atoms with Gasteiger partial charge in [0.2, 0.25) is 0 Å². The third-order valence-corrected chi connectivity index (χ3v) is 3.86. The van der Waals surface area contributed by atoms with Gasteiger partial charge < -0.3 is 5.32 Å². The molecule has 0 amide bonds. The highest BCUT2D eigenvalue weighted by Crippen LogP contribution is 2.34. The van der Waals surface area contributed by atoms with E-state index in [0.29, 0.717) is 10.6 Å². The zero-order chi connectivity index (χ0) is 15.0. The van der Waals surface area contributed by atoms with E-state index in [1.807, 2.05) is 0 Å².